The van der Waals surface area contributed by atoms with Crippen LogP contribution in [0.3, 0.4) is 0 Å². The molecule has 0 spiro atoms. The second kappa shape index (κ2) is 9.36. The molecule has 0 aliphatic rings. The summed E-state index contributed by atoms with van der Waals surface area (Å²) in [5, 5.41) is 3.12. The topological polar surface area (TPSA) is 142 Å². The third kappa shape index (κ3) is 6.97. The van der Waals surface area contributed by atoms with Crippen LogP contribution in [0.4, 0.5) is 22.7 Å². The van der Waals surface area contributed by atoms with Crippen molar-refractivity contribution in [2.75, 3.05) is 36.1 Å². The molecular weight excluding hydrogens is 330 g/mol. The molecule has 0 aromatic heterocycles. The molecule has 0 atom stereocenters. The molecule has 130 valence electrons. The Morgan fingerprint density at radius 1 is 1.04 bits per heavy atom. The van der Waals surface area contributed by atoms with E-state index in [1.165, 1.54) is 6.92 Å². The normalized spacial score (nSPS) is 9.58. The molecule has 1 amide bonds. The molecule has 0 heterocycles. The van der Waals surface area contributed by atoms with Gasteiger partial charge >= 0.3 is 0 Å². The van der Waals surface area contributed by atoms with E-state index in [2.05, 4.69) is 5.32 Å². The number of ether oxygens (including phenoxy) is 1. The third-order valence-electron chi connectivity index (χ3n) is 2.80. The highest BCUT2D eigenvalue weighted by Gasteiger charge is 2.00. The van der Waals surface area contributed by atoms with Crippen LogP contribution in [-0.2, 0) is 4.79 Å². The number of anilines is 4. The number of amides is 1. The van der Waals surface area contributed by atoms with Crippen LogP contribution < -0.4 is 33.0 Å². The summed E-state index contributed by atoms with van der Waals surface area (Å²) in [7, 11) is 0. The fraction of sp³-hybridized carbons (Fsp3) is 0.188. The Hall–Kier alpha value is -2.80. The van der Waals surface area contributed by atoms with Gasteiger partial charge in [-0.15, -0.1) is 0 Å². The number of hydrogen-bond acceptors (Lipinski definition) is 6. The van der Waals surface area contributed by atoms with Crippen molar-refractivity contribution in [3.05, 3.63) is 41.4 Å². The first kappa shape index (κ1) is 19.2. The average molecular weight is 352 g/mol. The minimum Gasteiger partial charge on any atom is -0.490 e. The number of nitrogens with one attached hydrogen (secondary N) is 1. The number of rotatable bonds is 4. The van der Waals surface area contributed by atoms with E-state index in [0.717, 1.165) is 0 Å². The van der Waals surface area contributed by atoms with Gasteiger partial charge in [-0.05, 0) is 30.3 Å². The van der Waals surface area contributed by atoms with Crippen molar-refractivity contribution >= 4 is 40.3 Å². The molecule has 0 aliphatic heterocycles. The van der Waals surface area contributed by atoms with Crippen LogP contribution in [0.15, 0.2) is 36.4 Å². The predicted octanol–water partition coefficient (Wildman–Crippen LogP) is 1.87. The molecule has 7 nitrogen and oxygen atoms in total. The molecule has 0 fully saturated rings. The van der Waals surface area contributed by atoms with Gasteiger partial charge in [-0.1, -0.05) is 11.6 Å². The first-order valence-corrected chi connectivity index (χ1v) is 7.50. The monoisotopic (exact) mass is 351 g/mol. The fourth-order valence-corrected chi connectivity index (χ4v) is 1.80. The van der Waals surface area contributed by atoms with Crippen LogP contribution in [0, 0.1) is 0 Å². The lowest BCUT2D eigenvalue weighted by atomic mass is 10.2. The second-order valence-corrected chi connectivity index (χ2v) is 5.32. The van der Waals surface area contributed by atoms with Crippen molar-refractivity contribution in [1.29, 1.82) is 0 Å². The summed E-state index contributed by atoms with van der Waals surface area (Å²) < 4.78 is 5.35. The number of nitrogen functional groups attached to an aromatic ring is 4. The van der Waals surface area contributed by atoms with Crippen molar-refractivity contribution in [2.45, 2.75) is 6.92 Å². The van der Waals surface area contributed by atoms with Gasteiger partial charge in [0.1, 0.15) is 12.4 Å². The highest BCUT2D eigenvalue weighted by atomic mass is 35.5. The Labute approximate surface area is 145 Å². The molecular formula is C16H22ClN5O2. The van der Waals surface area contributed by atoms with Crippen LogP contribution in [0.5, 0.6) is 5.75 Å². The maximum Gasteiger partial charge on any atom is 0.216 e. The molecule has 2 rings (SSSR count). The number of hydrogen-bond donors (Lipinski definition) is 5. The molecule has 8 heteroatoms. The number of carbonyl (C=O) groups excluding carboxylic acids is 1. The van der Waals surface area contributed by atoms with Crippen LogP contribution in [0.25, 0.3) is 0 Å². The van der Waals surface area contributed by atoms with E-state index < -0.39 is 0 Å². The van der Waals surface area contributed by atoms with Crippen LogP contribution in [-0.4, -0.2) is 19.1 Å². The first-order valence-electron chi connectivity index (χ1n) is 7.12. The van der Waals surface area contributed by atoms with Crippen LogP contribution in [0.2, 0.25) is 5.02 Å². The zero-order valence-electron chi connectivity index (χ0n) is 13.4. The third-order valence-corrected chi connectivity index (χ3v) is 3.12. The first-order chi connectivity index (χ1) is 11.3. The number of carbonyl (C=O) groups is 1. The van der Waals surface area contributed by atoms with Crippen molar-refractivity contribution in [1.82, 2.24) is 5.32 Å². The predicted molar refractivity (Wildman–Crippen MR) is 99.7 cm³/mol. The molecule has 2 aromatic rings. The molecule has 0 bridgehead atoms. The lowest BCUT2D eigenvalue weighted by molar-refractivity contribution is -0.119. The van der Waals surface area contributed by atoms with E-state index in [1.54, 1.807) is 36.4 Å². The molecule has 2 aromatic carbocycles. The number of benzene rings is 2. The van der Waals surface area contributed by atoms with E-state index in [4.69, 9.17) is 39.3 Å². The summed E-state index contributed by atoms with van der Waals surface area (Å²) in [5.74, 6) is 0.458. The van der Waals surface area contributed by atoms with Gasteiger partial charge in [-0.3, -0.25) is 4.79 Å². The summed E-state index contributed by atoms with van der Waals surface area (Å²) in [4.78, 5) is 10.6. The van der Waals surface area contributed by atoms with Gasteiger partial charge in [0, 0.05) is 24.4 Å². The Kier molecular flexibility index (Phi) is 7.51. The molecule has 0 radical (unpaired) electrons. The molecule has 0 saturated heterocycles. The quantitative estimate of drug-likeness (QED) is 0.420. The van der Waals surface area contributed by atoms with Gasteiger partial charge in [0.25, 0.3) is 0 Å². The lowest BCUT2D eigenvalue weighted by Crippen LogP contribution is -2.25. The Bertz CT molecular complexity index is 694. The van der Waals surface area contributed by atoms with Gasteiger partial charge in [0.2, 0.25) is 5.91 Å². The van der Waals surface area contributed by atoms with E-state index in [0.29, 0.717) is 46.7 Å². The minimum atomic E-state index is -0.0841. The maximum atomic E-state index is 10.6. The zero-order chi connectivity index (χ0) is 18.1. The van der Waals surface area contributed by atoms with E-state index in [-0.39, 0.29) is 5.91 Å². The number of halogens is 1. The summed E-state index contributed by atoms with van der Waals surface area (Å²) in [5.41, 5.74) is 24.4. The van der Waals surface area contributed by atoms with Crippen molar-refractivity contribution in [3.8, 4) is 5.75 Å². The van der Waals surface area contributed by atoms with Crippen molar-refractivity contribution < 1.29 is 9.53 Å². The largest absolute Gasteiger partial charge is 0.490 e. The summed E-state index contributed by atoms with van der Waals surface area (Å²) in [6, 6.07) is 10.1. The summed E-state index contributed by atoms with van der Waals surface area (Å²) in [6.45, 7) is 2.27. The Morgan fingerprint density at radius 2 is 1.62 bits per heavy atom. The second-order valence-electron chi connectivity index (χ2n) is 4.91. The van der Waals surface area contributed by atoms with Crippen molar-refractivity contribution in [2.24, 2.45) is 0 Å². The summed E-state index contributed by atoms with van der Waals surface area (Å²) >= 11 is 5.61. The SMILES string of the molecule is CC(=O)NCCOc1cc(N)ccc1N.Nc1ccc(N)c(Cl)c1. The zero-order valence-corrected chi connectivity index (χ0v) is 14.1. The van der Waals surface area contributed by atoms with Gasteiger partial charge in [-0.25, -0.2) is 0 Å². The molecule has 9 N–H and O–H groups in total. The van der Waals surface area contributed by atoms with Gasteiger partial charge in [0.05, 0.1) is 22.9 Å². The van der Waals surface area contributed by atoms with Gasteiger partial charge in [0.15, 0.2) is 0 Å². The molecule has 0 unspecified atom stereocenters. The highest BCUT2D eigenvalue weighted by Crippen LogP contribution is 2.23. The van der Waals surface area contributed by atoms with Gasteiger partial charge < -0.3 is 33.0 Å². The molecule has 24 heavy (non-hydrogen) atoms. The maximum absolute atomic E-state index is 10.6. The van der Waals surface area contributed by atoms with Gasteiger partial charge in [-0.2, -0.15) is 0 Å². The van der Waals surface area contributed by atoms with Crippen LogP contribution >= 0.6 is 11.6 Å². The Morgan fingerprint density at radius 3 is 2.17 bits per heavy atom. The molecule has 0 aliphatic carbocycles. The standard InChI is InChI=1S/C10H15N3O2.C6H7ClN2/c1-7(14)13-4-5-15-10-6-8(11)2-3-9(10)12;7-5-3-4(8)1-2-6(5)9/h2-3,6H,4-5,11-12H2,1H3,(H,13,14);1-3H,8-9H2. The smallest absolute Gasteiger partial charge is 0.216 e. The molecule has 0 saturated carbocycles. The number of nitrogens with two attached hydrogens (primary N) is 4. The fourth-order valence-electron chi connectivity index (χ4n) is 1.61. The van der Waals surface area contributed by atoms with E-state index in [9.17, 15) is 4.79 Å². The summed E-state index contributed by atoms with van der Waals surface area (Å²) in [6.07, 6.45) is 0. The van der Waals surface area contributed by atoms with E-state index in [1.807, 2.05) is 0 Å². The lowest BCUT2D eigenvalue weighted by Gasteiger charge is -2.09. The van der Waals surface area contributed by atoms with E-state index >= 15 is 0 Å². The minimum absolute atomic E-state index is 0.0841. The highest BCUT2D eigenvalue weighted by molar-refractivity contribution is 6.33. The van der Waals surface area contributed by atoms with Crippen LogP contribution in [0.1, 0.15) is 6.92 Å². The average Bonchev–Trinajstić information content (AvgIpc) is 2.51. The van der Waals surface area contributed by atoms with Crippen molar-refractivity contribution in [3.63, 3.8) is 0 Å². The Balaban J connectivity index is 0.000000272.